The van der Waals surface area contributed by atoms with E-state index >= 15 is 0 Å². The van der Waals surface area contributed by atoms with Gasteiger partial charge in [0.15, 0.2) is 11.3 Å². The molecule has 1 aliphatic heterocycles. The van der Waals surface area contributed by atoms with E-state index in [0.717, 1.165) is 17.2 Å². The molecule has 3 aromatic rings. The Bertz CT molecular complexity index is 1030. The summed E-state index contributed by atoms with van der Waals surface area (Å²) in [6.07, 6.45) is 0.308. The summed E-state index contributed by atoms with van der Waals surface area (Å²) in [4.78, 5) is 18.2. The fourth-order valence-electron chi connectivity index (χ4n) is 3.93. The molecule has 2 N–H and O–H groups in total. The van der Waals surface area contributed by atoms with Gasteiger partial charge in [0.05, 0.1) is 5.84 Å². The molecule has 4 rings (SSSR count). The normalized spacial score (nSPS) is 18.3. The second kappa shape index (κ2) is 7.59. The Hall–Kier alpha value is -3.34. The molecule has 0 saturated carbocycles. The lowest BCUT2D eigenvalue weighted by Crippen LogP contribution is -2.46. The van der Waals surface area contributed by atoms with Gasteiger partial charge in [0.25, 0.3) is 0 Å². The maximum atomic E-state index is 14.1. The zero-order valence-electron chi connectivity index (χ0n) is 15.7. The number of rotatable bonds is 4. The summed E-state index contributed by atoms with van der Waals surface area (Å²) in [6.45, 7) is 0. The Kier molecular flexibility index (Phi) is 4.97. The average molecular weight is 390 g/mol. The van der Waals surface area contributed by atoms with Crippen molar-refractivity contribution in [3.05, 3.63) is 107 Å². The monoisotopic (exact) mass is 390 g/mol. The van der Waals surface area contributed by atoms with Crippen molar-refractivity contribution < 1.29 is 13.6 Å². The molecule has 146 valence electrons. The number of nitrogens with two attached hydrogens (primary N) is 1. The minimum atomic E-state index is -1.22. The molecule has 1 unspecified atom stereocenters. The number of ketones is 1. The van der Waals surface area contributed by atoms with E-state index in [1.165, 1.54) is 12.1 Å². The predicted octanol–water partition coefficient (Wildman–Crippen LogP) is 4.40. The molecule has 0 spiro atoms. The summed E-state index contributed by atoms with van der Waals surface area (Å²) < 4.78 is 27.3. The van der Waals surface area contributed by atoms with Gasteiger partial charge in [-0.15, -0.1) is 0 Å². The van der Waals surface area contributed by atoms with Gasteiger partial charge in [-0.2, -0.15) is 0 Å². The van der Waals surface area contributed by atoms with Crippen LogP contribution in [-0.4, -0.2) is 11.6 Å². The third-order valence-corrected chi connectivity index (χ3v) is 5.41. The fourth-order valence-corrected chi connectivity index (χ4v) is 3.93. The van der Waals surface area contributed by atoms with Crippen LogP contribution in [0, 0.1) is 17.6 Å². The molecule has 0 bridgehead atoms. The maximum Gasteiger partial charge on any atom is 0.171 e. The lowest BCUT2D eigenvalue weighted by molar-refractivity contribution is -0.124. The summed E-state index contributed by atoms with van der Waals surface area (Å²) in [5.41, 5.74) is 6.90. The Balaban J connectivity index is 1.78. The Morgan fingerprint density at radius 2 is 1.52 bits per heavy atom. The Morgan fingerprint density at radius 3 is 2.07 bits per heavy atom. The molecule has 0 aliphatic carbocycles. The van der Waals surface area contributed by atoms with Gasteiger partial charge in [0, 0.05) is 18.4 Å². The topological polar surface area (TPSA) is 55.4 Å². The van der Waals surface area contributed by atoms with Crippen LogP contribution in [-0.2, 0) is 16.8 Å². The van der Waals surface area contributed by atoms with Crippen LogP contribution in [0.3, 0.4) is 0 Å². The third-order valence-electron chi connectivity index (χ3n) is 5.41. The van der Waals surface area contributed by atoms with Crippen LogP contribution in [0.5, 0.6) is 0 Å². The van der Waals surface area contributed by atoms with Crippen molar-refractivity contribution in [2.45, 2.75) is 18.4 Å². The first kappa shape index (κ1) is 19.0. The van der Waals surface area contributed by atoms with Gasteiger partial charge in [-0.1, -0.05) is 66.7 Å². The quantitative estimate of drug-likeness (QED) is 0.718. The lowest BCUT2D eigenvalue weighted by Gasteiger charge is -2.36. The minimum absolute atomic E-state index is 0.100. The van der Waals surface area contributed by atoms with Gasteiger partial charge in [-0.3, -0.25) is 4.79 Å². The third kappa shape index (κ3) is 3.44. The second-order valence-electron chi connectivity index (χ2n) is 7.24. The van der Waals surface area contributed by atoms with E-state index in [1.807, 2.05) is 60.7 Å². The highest BCUT2D eigenvalue weighted by molar-refractivity contribution is 6.02. The number of hydrogen-bond donors (Lipinski definition) is 1. The largest absolute Gasteiger partial charge is 0.387 e. The number of hydrogen-bond acceptors (Lipinski definition) is 3. The van der Waals surface area contributed by atoms with E-state index in [2.05, 4.69) is 0 Å². The van der Waals surface area contributed by atoms with Gasteiger partial charge in [-0.05, 0) is 29.2 Å². The highest BCUT2D eigenvalue weighted by atomic mass is 19.1. The van der Waals surface area contributed by atoms with Crippen molar-refractivity contribution in [1.29, 1.82) is 0 Å². The number of halogens is 2. The van der Waals surface area contributed by atoms with Crippen LogP contribution < -0.4 is 5.73 Å². The zero-order chi connectivity index (χ0) is 20.4. The molecule has 0 radical (unpaired) electrons. The average Bonchev–Trinajstić information content (AvgIpc) is 2.73. The summed E-state index contributed by atoms with van der Waals surface area (Å²) >= 11 is 0. The second-order valence-corrected chi connectivity index (χ2v) is 7.24. The van der Waals surface area contributed by atoms with Crippen molar-refractivity contribution in [2.24, 2.45) is 16.6 Å². The molecule has 1 aliphatic rings. The van der Waals surface area contributed by atoms with Crippen LogP contribution in [0.2, 0.25) is 0 Å². The van der Waals surface area contributed by atoms with E-state index in [4.69, 9.17) is 10.7 Å². The van der Waals surface area contributed by atoms with E-state index in [1.54, 1.807) is 0 Å². The summed E-state index contributed by atoms with van der Waals surface area (Å²) in [5, 5.41) is 0. The van der Waals surface area contributed by atoms with Crippen molar-refractivity contribution in [3.8, 4) is 0 Å². The standard InChI is InChI=1S/C24H20F2N2O/c25-20-12-11-16(21(26)15-20)13-17-14-22(29)24(28-23(17)27,18-7-3-1-4-8-18)19-9-5-2-6-10-19/h1-12,15,17H,13-14H2,(H2,27,28). The molecule has 1 atom stereocenters. The summed E-state index contributed by atoms with van der Waals surface area (Å²) in [5.74, 6) is -1.53. The van der Waals surface area contributed by atoms with Gasteiger partial charge >= 0.3 is 0 Å². The highest BCUT2D eigenvalue weighted by Crippen LogP contribution is 2.40. The fraction of sp³-hybridized carbons (Fsp3) is 0.167. The van der Waals surface area contributed by atoms with Crippen molar-refractivity contribution in [2.75, 3.05) is 0 Å². The molecule has 29 heavy (non-hydrogen) atoms. The Labute approximate surface area is 167 Å². The van der Waals surface area contributed by atoms with Crippen LogP contribution in [0.4, 0.5) is 8.78 Å². The van der Waals surface area contributed by atoms with Gasteiger partial charge in [0.2, 0.25) is 0 Å². The van der Waals surface area contributed by atoms with Crippen LogP contribution in [0.15, 0.2) is 83.9 Å². The first-order valence-corrected chi connectivity index (χ1v) is 9.44. The molecule has 5 heteroatoms. The maximum absolute atomic E-state index is 14.1. The molecular formula is C24H20F2N2O. The zero-order valence-corrected chi connectivity index (χ0v) is 15.7. The number of Topliss-reactive ketones (excluding diaryl/α,β-unsaturated/α-hetero) is 1. The first-order valence-electron chi connectivity index (χ1n) is 9.44. The number of amidine groups is 1. The minimum Gasteiger partial charge on any atom is -0.387 e. The molecule has 0 saturated heterocycles. The van der Waals surface area contributed by atoms with Crippen LogP contribution in [0.1, 0.15) is 23.1 Å². The Morgan fingerprint density at radius 1 is 0.931 bits per heavy atom. The molecule has 3 aromatic carbocycles. The predicted molar refractivity (Wildman–Crippen MR) is 108 cm³/mol. The summed E-state index contributed by atoms with van der Waals surface area (Å²) in [7, 11) is 0. The van der Waals surface area contributed by atoms with E-state index < -0.39 is 23.1 Å². The van der Waals surface area contributed by atoms with Crippen molar-refractivity contribution >= 4 is 11.6 Å². The van der Waals surface area contributed by atoms with E-state index in [9.17, 15) is 13.6 Å². The lowest BCUT2D eigenvalue weighted by atomic mass is 9.73. The molecule has 0 fully saturated rings. The SMILES string of the molecule is NC1=NC(c2ccccc2)(c2ccccc2)C(=O)CC1Cc1ccc(F)cc1F. The van der Waals surface area contributed by atoms with E-state index in [-0.39, 0.29) is 18.6 Å². The number of benzene rings is 3. The molecule has 3 nitrogen and oxygen atoms in total. The van der Waals surface area contributed by atoms with Crippen LogP contribution in [0.25, 0.3) is 0 Å². The number of carbonyl (C=O) groups is 1. The van der Waals surface area contributed by atoms with Gasteiger partial charge in [-0.25, -0.2) is 13.8 Å². The number of aliphatic imine (C=N–C) groups is 1. The van der Waals surface area contributed by atoms with Crippen LogP contribution >= 0.6 is 0 Å². The van der Waals surface area contributed by atoms with Gasteiger partial charge in [0.1, 0.15) is 11.6 Å². The summed E-state index contributed by atoms with van der Waals surface area (Å²) in [6, 6.07) is 22.1. The smallest absolute Gasteiger partial charge is 0.171 e. The molecule has 0 amide bonds. The number of nitrogens with zero attached hydrogens (tertiary/aromatic N) is 1. The number of carbonyl (C=O) groups excluding carboxylic acids is 1. The first-order chi connectivity index (χ1) is 14.0. The van der Waals surface area contributed by atoms with E-state index in [0.29, 0.717) is 11.4 Å². The van der Waals surface area contributed by atoms with Crippen molar-refractivity contribution in [3.63, 3.8) is 0 Å². The highest BCUT2D eigenvalue weighted by Gasteiger charge is 2.46. The molecule has 0 aromatic heterocycles. The van der Waals surface area contributed by atoms with Crippen molar-refractivity contribution in [1.82, 2.24) is 0 Å². The molecule has 1 heterocycles. The van der Waals surface area contributed by atoms with Gasteiger partial charge < -0.3 is 5.73 Å². The molecular weight excluding hydrogens is 370 g/mol.